The third-order valence-corrected chi connectivity index (χ3v) is 4.94. The standard InChI is InChI=1S/C22H24N2O5/c1-15-9-10-19(28-3)18(11-15)24-13-16(12-20(24)25)22(27)29-14-21(26)23(2)17-7-5-4-6-8-17/h4-11,16H,12-14H2,1-3H3/t16-/m0/s1. The Bertz CT molecular complexity index is 913. The van der Waals surface area contributed by atoms with Gasteiger partial charge in [-0.15, -0.1) is 0 Å². The Hall–Kier alpha value is -3.35. The summed E-state index contributed by atoms with van der Waals surface area (Å²) in [6.45, 7) is 1.74. The summed E-state index contributed by atoms with van der Waals surface area (Å²) >= 11 is 0. The monoisotopic (exact) mass is 396 g/mol. The van der Waals surface area contributed by atoms with E-state index in [1.165, 1.54) is 16.9 Å². The molecule has 0 bridgehead atoms. The molecule has 0 unspecified atom stereocenters. The van der Waals surface area contributed by atoms with Gasteiger partial charge in [0.2, 0.25) is 5.91 Å². The van der Waals surface area contributed by atoms with E-state index in [-0.39, 0.29) is 31.4 Å². The molecule has 0 aromatic heterocycles. The number of carbonyl (C=O) groups excluding carboxylic acids is 3. The minimum absolute atomic E-state index is 0.0403. The second kappa shape index (κ2) is 8.77. The molecule has 29 heavy (non-hydrogen) atoms. The number of carbonyl (C=O) groups is 3. The summed E-state index contributed by atoms with van der Waals surface area (Å²) in [7, 11) is 3.16. The number of ether oxygens (including phenoxy) is 2. The van der Waals surface area contributed by atoms with Crippen LogP contribution in [0.15, 0.2) is 48.5 Å². The van der Waals surface area contributed by atoms with Crippen LogP contribution >= 0.6 is 0 Å². The highest BCUT2D eigenvalue weighted by Crippen LogP contribution is 2.34. The third-order valence-electron chi connectivity index (χ3n) is 4.94. The molecule has 3 rings (SSSR count). The van der Waals surface area contributed by atoms with Crippen molar-refractivity contribution in [1.82, 2.24) is 0 Å². The summed E-state index contributed by atoms with van der Waals surface area (Å²) in [4.78, 5) is 40.2. The lowest BCUT2D eigenvalue weighted by Gasteiger charge is -2.20. The van der Waals surface area contributed by atoms with Crippen LogP contribution in [0.1, 0.15) is 12.0 Å². The number of hydrogen-bond donors (Lipinski definition) is 0. The number of aryl methyl sites for hydroxylation is 1. The average molecular weight is 396 g/mol. The maximum absolute atomic E-state index is 12.5. The van der Waals surface area contributed by atoms with Crippen LogP contribution in [0, 0.1) is 12.8 Å². The van der Waals surface area contributed by atoms with E-state index in [2.05, 4.69) is 0 Å². The van der Waals surface area contributed by atoms with Gasteiger partial charge in [0.1, 0.15) is 5.75 Å². The average Bonchev–Trinajstić information content (AvgIpc) is 3.13. The van der Waals surface area contributed by atoms with Gasteiger partial charge in [-0.25, -0.2) is 0 Å². The molecule has 0 radical (unpaired) electrons. The van der Waals surface area contributed by atoms with Crippen molar-refractivity contribution in [2.75, 3.05) is 37.1 Å². The molecule has 0 aliphatic carbocycles. The normalized spacial score (nSPS) is 15.9. The predicted molar refractivity (Wildman–Crippen MR) is 109 cm³/mol. The quantitative estimate of drug-likeness (QED) is 0.702. The number of amides is 2. The Labute approximate surface area is 169 Å². The first-order valence-corrected chi connectivity index (χ1v) is 9.34. The van der Waals surface area contributed by atoms with Crippen LogP contribution in [0.4, 0.5) is 11.4 Å². The van der Waals surface area contributed by atoms with Crippen molar-refractivity contribution < 1.29 is 23.9 Å². The van der Waals surface area contributed by atoms with Gasteiger partial charge in [-0.2, -0.15) is 0 Å². The molecule has 2 aromatic carbocycles. The molecule has 2 amide bonds. The lowest BCUT2D eigenvalue weighted by atomic mass is 10.1. The maximum atomic E-state index is 12.5. The number of esters is 1. The van der Waals surface area contributed by atoms with Crippen LogP contribution in [0.25, 0.3) is 0 Å². The van der Waals surface area contributed by atoms with E-state index in [1.54, 1.807) is 25.2 Å². The Morgan fingerprint density at radius 3 is 2.59 bits per heavy atom. The lowest BCUT2D eigenvalue weighted by Crippen LogP contribution is -2.33. The van der Waals surface area contributed by atoms with Crippen molar-refractivity contribution in [2.24, 2.45) is 5.92 Å². The smallest absolute Gasteiger partial charge is 0.311 e. The van der Waals surface area contributed by atoms with Gasteiger partial charge in [-0.3, -0.25) is 14.4 Å². The fourth-order valence-corrected chi connectivity index (χ4v) is 3.25. The second-order valence-electron chi connectivity index (χ2n) is 6.98. The SMILES string of the molecule is COc1ccc(C)cc1N1C[C@@H](C(=O)OCC(=O)N(C)c2ccccc2)CC1=O. The van der Waals surface area contributed by atoms with E-state index < -0.39 is 11.9 Å². The molecule has 1 heterocycles. The van der Waals surface area contributed by atoms with Gasteiger partial charge in [0.05, 0.1) is 18.7 Å². The number of benzene rings is 2. The Kier molecular flexibility index (Phi) is 6.16. The van der Waals surface area contributed by atoms with Gasteiger partial charge in [0.15, 0.2) is 6.61 Å². The van der Waals surface area contributed by atoms with E-state index in [1.807, 2.05) is 37.3 Å². The first-order chi connectivity index (χ1) is 13.9. The number of likely N-dealkylation sites (N-methyl/N-ethyl adjacent to an activating group) is 1. The largest absolute Gasteiger partial charge is 0.495 e. The first-order valence-electron chi connectivity index (χ1n) is 9.34. The second-order valence-corrected chi connectivity index (χ2v) is 6.98. The van der Waals surface area contributed by atoms with Crippen molar-refractivity contribution in [3.05, 3.63) is 54.1 Å². The highest BCUT2D eigenvalue weighted by molar-refractivity contribution is 6.01. The highest BCUT2D eigenvalue weighted by atomic mass is 16.5. The van der Waals surface area contributed by atoms with Crippen LogP contribution < -0.4 is 14.5 Å². The zero-order chi connectivity index (χ0) is 21.0. The maximum Gasteiger partial charge on any atom is 0.311 e. The molecular formula is C22H24N2O5. The minimum Gasteiger partial charge on any atom is -0.495 e. The van der Waals surface area contributed by atoms with Crippen LogP contribution in [-0.4, -0.2) is 45.1 Å². The Morgan fingerprint density at radius 2 is 1.90 bits per heavy atom. The number of methoxy groups -OCH3 is 1. The number of hydrogen-bond acceptors (Lipinski definition) is 5. The Balaban J connectivity index is 1.61. The zero-order valence-corrected chi connectivity index (χ0v) is 16.8. The van der Waals surface area contributed by atoms with E-state index in [4.69, 9.17) is 9.47 Å². The van der Waals surface area contributed by atoms with Crippen molar-refractivity contribution in [1.29, 1.82) is 0 Å². The van der Waals surface area contributed by atoms with Gasteiger partial charge in [-0.1, -0.05) is 24.3 Å². The molecule has 0 saturated carbocycles. The summed E-state index contributed by atoms with van der Waals surface area (Å²) < 4.78 is 10.5. The molecular weight excluding hydrogens is 372 g/mol. The topological polar surface area (TPSA) is 76.2 Å². The minimum atomic E-state index is -0.623. The molecule has 1 saturated heterocycles. The molecule has 2 aromatic rings. The van der Waals surface area contributed by atoms with Crippen molar-refractivity contribution >= 4 is 29.2 Å². The van der Waals surface area contributed by atoms with E-state index >= 15 is 0 Å². The van der Waals surface area contributed by atoms with Crippen molar-refractivity contribution in [3.63, 3.8) is 0 Å². The molecule has 1 fully saturated rings. The van der Waals surface area contributed by atoms with Gasteiger partial charge in [0.25, 0.3) is 5.91 Å². The molecule has 0 spiro atoms. The molecule has 152 valence electrons. The van der Waals surface area contributed by atoms with Crippen molar-refractivity contribution in [2.45, 2.75) is 13.3 Å². The molecule has 7 heteroatoms. The summed E-state index contributed by atoms with van der Waals surface area (Å²) in [5, 5.41) is 0. The van der Waals surface area contributed by atoms with Crippen molar-refractivity contribution in [3.8, 4) is 5.75 Å². The lowest BCUT2D eigenvalue weighted by molar-refractivity contribution is -0.151. The third kappa shape index (κ3) is 4.56. The number of para-hydroxylation sites is 1. The van der Waals surface area contributed by atoms with Crippen LogP contribution in [0.5, 0.6) is 5.75 Å². The van der Waals surface area contributed by atoms with E-state index in [9.17, 15) is 14.4 Å². The predicted octanol–water partition coefficient (Wildman–Crippen LogP) is 2.56. The summed E-state index contributed by atoms with van der Waals surface area (Å²) in [5.74, 6) is -1.13. The zero-order valence-electron chi connectivity index (χ0n) is 16.8. The first kappa shape index (κ1) is 20.4. The fraction of sp³-hybridized carbons (Fsp3) is 0.318. The van der Waals surface area contributed by atoms with E-state index in [0.29, 0.717) is 17.1 Å². The Morgan fingerprint density at radius 1 is 1.17 bits per heavy atom. The number of nitrogens with zero attached hydrogens (tertiary/aromatic N) is 2. The molecule has 1 aliphatic rings. The molecule has 1 aliphatic heterocycles. The fourth-order valence-electron chi connectivity index (χ4n) is 3.25. The molecule has 1 atom stereocenters. The number of anilines is 2. The molecule has 0 N–H and O–H groups in total. The van der Waals surface area contributed by atoms with Gasteiger partial charge in [0, 0.05) is 25.7 Å². The highest BCUT2D eigenvalue weighted by Gasteiger charge is 2.37. The number of rotatable bonds is 6. The summed E-state index contributed by atoms with van der Waals surface area (Å²) in [5.41, 5.74) is 2.32. The summed E-state index contributed by atoms with van der Waals surface area (Å²) in [6, 6.07) is 14.6. The van der Waals surface area contributed by atoms with Crippen LogP contribution in [0.3, 0.4) is 0 Å². The van der Waals surface area contributed by atoms with Crippen LogP contribution in [0.2, 0.25) is 0 Å². The molecule has 7 nitrogen and oxygen atoms in total. The summed E-state index contributed by atoms with van der Waals surface area (Å²) in [6.07, 6.45) is 0.0403. The van der Waals surface area contributed by atoms with Gasteiger partial charge >= 0.3 is 5.97 Å². The van der Waals surface area contributed by atoms with Gasteiger partial charge in [-0.05, 0) is 36.8 Å². The van der Waals surface area contributed by atoms with Crippen LogP contribution in [-0.2, 0) is 19.1 Å². The van der Waals surface area contributed by atoms with Gasteiger partial charge < -0.3 is 19.3 Å². The van der Waals surface area contributed by atoms with E-state index in [0.717, 1.165) is 5.56 Å².